The van der Waals surface area contributed by atoms with E-state index in [-0.39, 0.29) is 5.88 Å². The molecular formula is C9H7ClN2O2. The molecule has 0 fully saturated rings. The fourth-order valence-electron chi connectivity index (χ4n) is 1.19. The summed E-state index contributed by atoms with van der Waals surface area (Å²) in [5.74, 6) is 0.159. The molecule has 0 spiro atoms. The van der Waals surface area contributed by atoms with Gasteiger partial charge in [-0.3, -0.25) is 4.79 Å². The summed E-state index contributed by atoms with van der Waals surface area (Å²) in [6.45, 7) is 0. The summed E-state index contributed by atoms with van der Waals surface area (Å²) in [4.78, 5) is 14.9. The van der Waals surface area contributed by atoms with Gasteiger partial charge in [0.05, 0.1) is 5.88 Å². The zero-order valence-electron chi connectivity index (χ0n) is 7.16. The molecule has 0 radical (unpaired) electrons. The van der Waals surface area contributed by atoms with Crippen molar-refractivity contribution in [2.45, 2.75) is 5.88 Å². The van der Waals surface area contributed by atoms with E-state index in [0.717, 1.165) is 0 Å². The molecule has 0 aliphatic carbocycles. The zero-order chi connectivity index (χ0) is 10.1. The number of nitrogens with two attached hydrogens (primary N) is 1. The number of primary amides is 1. The van der Waals surface area contributed by atoms with Crippen molar-refractivity contribution in [3.8, 4) is 0 Å². The fraction of sp³-hybridized carbons (Fsp3) is 0.111. The Labute approximate surface area is 84.7 Å². The molecule has 1 aromatic heterocycles. The first-order valence-corrected chi connectivity index (χ1v) is 4.49. The van der Waals surface area contributed by atoms with Crippen LogP contribution in [0.2, 0.25) is 0 Å². The summed E-state index contributed by atoms with van der Waals surface area (Å²) in [5, 5.41) is 0. The van der Waals surface area contributed by atoms with Crippen molar-refractivity contribution in [1.29, 1.82) is 0 Å². The molecule has 1 amide bonds. The standard InChI is InChI=1S/C9H7ClN2O2/c10-4-8-12-6-3-5(9(11)13)1-2-7(6)14-8/h1-3H,4H2,(H2,11,13). The van der Waals surface area contributed by atoms with Crippen LogP contribution in [0.25, 0.3) is 11.1 Å². The van der Waals surface area contributed by atoms with Crippen molar-refractivity contribution < 1.29 is 9.21 Å². The van der Waals surface area contributed by atoms with Crippen LogP contribution in [0.3, 0.4) is 0 Å². The van der Waals surface area contributed by atoms with E-state index in [0.29, 0.717) is 22.6 Å². The van der Waals surface area contributed by atoms with E-state index in [2.05, 4.69) is 4.98 Å². The van der Waals surface area contributed by atoms with E-state index in [4.69, 9.17) is 21.8 Å². The second kappa shape index (κ2) is 3.31. The van der Waals surface area contributed by atoms with Gasteiger partial charge in [-0.25, -0.2) is 4.98 Å². The van der Waals surface area contributed by atoms with Gasteiger partial charge in [0.1, 0.15) is 5.52 Å². The number of amides is 1. The quantitative estimate of drug-likeness (QED) is 0.767. The third kappa shape index (κ3) is 1.44. The first-order chi connectivity index (χ1) is 6.70. The highest BCUT2D eigenvalue weighted by Gasteiger charge is 2.07. The van der Waals surface area contributed by atoms with Crippen LogP contribution in [0, 0.1) is 0 Å². The van der Waals surface area contributed by atoms with Crippen molar-refractivity contribution >= 4 is 28.6 Å². The van der Waals surface area contributed by atoms with E-state index >= 15 is 0 Å². The third-order valence-electron chi connectivity index (χ3n) is 1.83. The van der Waals surface area contributed by atoms with Crippen molar-refractivity contribution in [3.05, 3.63) is 29.7 Å². The summed E-state index contributed by atoms with van der Waals surface area (Å²) >= 11 is 5.55. The van der Waals surface area contributed by atoms with Crippen molar-refractivity contribution in [2.24, 2.45) is 5.73 Å². The molecule has 0 saturated carbocycles. The molecule has 0 aliphatic rings. The van der Waals surface area contributed by atoms with Crippen LogP contribution in [0.1, 0.15) is 16.2 Å². The number of rotatable bonds is 2. The highest BCUT2D eigenvalue weighted by molar-refractivity contribution is 6.16. The van der Waals surface area contributed by atoms with Gasteiger partial charge in [-0.05, 0) is 18.2 Å². The topological polar surface area (TPSA) is 69.1 Å². The van der Waals surface area contributed by atoms with Gasteiger partial charge in [-0.15, -0.1) is 11.6 Å². The molecule has 0 unspecified atom stereocenters. The normalized spacial score (nSPS) is 10.6. The Balaban J connectivity index is 2.59. The van der Waals surface area contributed by atoms with Gasteiger partial charge in [-0.2, -0.15) is 0 Å². The number of benzene rings is 1. The zero-order valence-corrected chi connectivity index (χ0v) is 7.91. The van der Waals surface area contributed by atoms with Crippen LogP contribution in [0.5, 0.6) is 0 Å². The summed E-state index contributed by atoms with van der Waals surface area (Å²) in [6.07, 6.45) is 0. The Morgan fingerprint density at radius 2 is 2.36 bits per heavy atom. The minimum Gasteiger partial charge on any atom is -0.439 e. The lowest BCUT2D eigenvalue weighted by atomic mass is 10.2. The van der Waals surface area contributed by atoms with Crippen LogP contribution >= 0.6 is 11.6 Å². The predicted octanol–water partition coefficient (Wildman–Crippen LogP) is 1.67. The van der Waals surface area contributed by atoms with Crippen LogP contribution < -0.4 is 5.73 Å². The Hall–Kier alpha value is -1.55. The molecule has 2 aromatic rings. The minimum atomic E-state index is -0.484. The number of oxazole rings is 1. The first kappa shape index (κ1) is 9.02. The smallest absolute Gasteiger partial charge is 0.248 e. The number of halogens is 1. The fourth-order valence-corrected chi connectivity index (χ4v) is 1.30. The number of hydrogen-bond donors (Lipinski definition) is 1. The summed E-state index contributed by atoms with van der Waals surface area (Å²) in [5.41, 5.74) is 6.73. The Kier molecular flexibility index (Phi) is 2.13. The first-order valence-electron chi connectivity index (χ1n) is 3.96. The molecule has 0 saturated heterocycles. The van der Waals surface area contributed by atoms with E-state index in [1.54, 1.807) is 18.2 Å². The Morgan fingerprint density at radius 3 is 3.00 bits per heavy atom. The lowest BCUT2D eigenvalue weighted by Gasteiger charge is -1.92. The molecule has 4 nitrogen and oxygen atoms in total. The van der Waals surface area contributed by atoms with Gasteiger partial charge in [0.25, 0.3) is 0 Å². The number of fused-ring (bicyclic) bond motifs is 1. The number of carbonyl (C=O) groups excluding carboxylic acids is 1. The molecule has 72 valence electrons. The van der Waals surface area contributed by atoms with E-state index < -0.39 is 5.91 Å². The lowest BCUT2D eigenvalue weighted by Crippen LogP contribution is -2.10. The molecule has 0 bridgehead atoms. The third-order valence-corrected chi connectivity index (χ3v) is 2.06. The average Bonchev–Trinajstić information content (AvgIpc) is 2.58. The van der Waals surface area contributed by atoms with Gasteiger partial charge in [0.2, 0.25) is 11.8 Å². The largest absolute Gasteiger partial charge is 0.439 e. The number of hydrogen-bond acceptors (Lipinski definition) is 3. The second-order valence-electron chi connectivity index (χ2n) is 2.79. The van der Waals surface area contributed by atoms with Crippen molar-refractivity contribution in [2.75, 3.05) is 0 Å². The van der Waals surface area contributed by atoms with Crippen molar-refractivity contribution in [3.63, 3.8) is 0 Å². The molecule has 5 heteroatoms. The van der Waals surface area contributed by atoms with E-state index in [1.807, 2.05) is 0 Å². The highest BCUT2D eigenvalue weighted by atomic mass is 35.5. The number of nitrogens with zero attached hydrogens (tertiary/aromatic N) is 1. The van der Waals surface area contributed by atoms with Gasteiger partial charge < -0.3 is 10.2 Å². The van der Waals surface area contributed by atoms with E-state index in [1.165, 1.54) is 0 Å². The number of carbonyl (C=O) groups is 1. The van der Waals surface area contributed by atoms with Crippen LogP contribution in [0.4, 0.5) is 0 Å². The molecule has 2 rings (SSSR count). The van der Waals surface area contributed by atoms with Gasteiger partial charge in [0.15, 0.2) is 5.58 Å². The molecule has 1 heterocycles. The molecular weight excluding hydrogens is 204 g/mol. The molecule has 2 N–H and O–H groups in total. The molecule has 14 heavy (non-hydrogen) atoms. The molecule has 1 aromatic carbocycles. The van der Waals surface area contributed by atoms with E-state index in [9.17, 15) is 4.79 Å². The maximum Gasteiger partial charge on any atom is 0.248 e. The highest BCUT2D eigenvalue weighted by Crippen LogP contribution is 2.17. The monoisotopic (exact) mass is 210 g/mol. The predicted molar refractivity (Wildman–Crippen MR) is 52.1 cm³/mol. The van der Waals surface area contributed by atoms with Crippen LogP contribution in [-0.2, 0) is 5.88 Å². The van der Waals surface area contributed by atoms with Crippen LogP contribution in [-0.4, -0.2) is 10.9 Å². The Morgan fingerprint density at radius 1 is 1.57 bits per heavy atom. The summed E-state index contributed by atoms with van der Waals surface area (Å²) < 4.78 is 5.26. The second-order valence-corrected chi connectivity index (χ2v) is 3.06. The lowest BCUT2D eigenvalue weighted by molar-refractivity contribution is 0.100. The maximum atomic E-state index is 10.9. The number of aromatic nitrogens is 1. The summed E-state index contributed by atoms with van der Waals surface area (Å²) in [6, 6.07) is 4.82. The average molecular weight is 211 g/mol. The van der Waals surface area contributed by atoms with Gasteiger partial charge in [-0.1, -0.05) is 0 Å². The van der Waals surface area contributed by atoms with Crippen LogP contribution in [0.15, 0.2) is 22.6 Å². The van der Waals surface area contributed by atoms with Gasteiger partial charge >= 0.3 is 0 Å². The molecule has 0 atom stereocenters. The molecule has 0 aliphatic heterocycles. The SMILES string of the molecule is NC(=O)c1ccc2oc(CCl)nc2c1. The minimum absolute atomic E-state index is 0.209. The number of alkyl halides is 1. The maximum absolute atomic E-state index is 10.9. The Bertz CT molecular complexity index is 493. The van der Waals surface area contributed by atoms with Crippen molar-refractivity contribution in [1.82, 2.24) is 4.98 Å². The summed E-state index contributed by atoms with van der Waals surface area (Å²) in [7, 11) is 0. The van der Waals surface area contributed by atoms with Gasteiger partial charge in [0, 0.05) is 5.56 Å².